The number of hydrogen-bond acceptors (Lipinski definition) is 6. The Labute approximate surface area is 128 Å². The number of rotatable bonds is 8. The van der Waals surface area contributed by atoms with E-state index in [-0.39, 0.29) is 11.5 Å². The smallest absolute Gasteiger partial charge is 0.215 e. The minimum absolute atomic E-state index is 0.319. The van der Waals surface area contributed by atoms with Crippen molar-refractivity contribution in [3.8, 4) is 0 Å². The van der Waals surface area contributed by atoms with Crippen molar-refractivity contribution < 1.29 is 16.8 Å². The molecule has 9 heteroatoms. The van der Waals surface area contributed by atoms with E-state index < -0.39 is 19.9 Å². The summed E-state index contributed by atoms with van der Waals surface area (Å²) in [6.45, 7) is 4.94. The fourth-order valence-electron chi connectivity index (χ4n) is 2.57. The number of nitrogens with zero attached hydrogens (tertiary/aromatic N) is 2. The quantitative estimate of drug-likeness (QED) is 0.614. The number of sulfonamides is 1. The van der Waals surface area contributed by atoms with Crippen molar-refractivity contribution in [2.75, 3.05) is 50.5 Å². The van der Waals surface area contributed by atoms with Crippen molar-refractivity contribution in [2.24, 2.45) is 5.73 Å². The largest absolute Gasteiger partial charge is 0.330 e. The first kappa shape index (κ1) is 18.8. The Balaban J connectivity index is 2.55. The number of sulfone groups is 1. The van der Waals surface area contributed by atoms with Gasteiger partial charge in [-0.2, -0.15) is 4.31 Å². The molecule has 1 aliphatic rings. The maximum atomic E-state index is 12.1. The zero-order valence-electron chi connectivity index (χ0n) is 12.9. The summed E-state index contributed by atoms with van der Waals surface area (Å²) in [5.41, 5.74) is 5.60. The van der Waals surface area contributed by atoms with Crippen molar-refractivity contribution in [1.29, 1.82) is 0 Å². The molecular weight excluding hydrogens is 314 g/mol. The van der Waals surface area contributed by atoms with Gasteiger partial charge in [0.2, 0.25) is 10.0 Å². The standard InChI is InChI=1S/C12H27N3O4S2/c1-3-12(4-5-13)14-6-8-15(9-7-14)21(18,19)11-10-20(2,16)17/h12H,3-11,13H2,1-2H3. The van der Waals surface area contributed by atoms with E-state index in [0.717, 1.165) is 19.1 Å². The molecule has 1 saturated heterocycles. The molecule has 0 spiro atoms. The average molecular weight is 341 g/mol. The zero-order valence-corrected chi connectivity index (χ0v) is 14.5. The van der Waals surface area contributed by atoms with E-state index in [1.165, 1.54) is 4.31 Å². The highest BCUT2D eigenvalue weighted by Crippen LogP contribution is 2.14. The molecule has 0 aromatic carbocycles. The van der Waals surface area contributed by atoms with Gasteiger partial charge < -0.3 is 5.73 Å². The van der Waals surface area contributed by atoms with Crippen molar-refractivity contribution in [3.63, 3.8) is 0 Å². The van der Waals surface area contributed by atoms with Crippen LogP contribution in [0.3, 0.4) is 0 Å². The lowest BCUT2D eigenvalue weighted by atomic mass is 10.1. The summed E-state index contributed by atoms with van der Waals surface area (Å²) in [6, 6.07) is 0.399. The van der Waals surface area contributed by atoms with Crippen LogP contribution in [0.25, 0.3) is 0 Å². The Hall–Kier alpha value is -0.220. The maximum Gasteiger partial charge on any atom is 0.215 e. The van der Waals surface area contributed by atoms with Gasteiger partial charge in [-0.1, -0.05) is 6.92 Å². The molecule has 1 unspecified atom stereocenters. The van der Waals surface area contributed by atoms with Gasteiger partial charge in [0.1, 0.15) is 9.84 Å². The first-order valence-corrected chi connectivity index (χ1v) is 11.0. The molecule has 1 fully saturated rings. The second-order valence-electron chi connectivity index (χ2n) is 5.52. The van der Waals surface area contributed by atoms with Gasteiger partial charge >= 0.3 is 0 Å². The molecule has 0 amide bonds. The molecule has 1 heterocycles. The SMILES string of the molecule is CCC(CCN)N1CCN(S(=O)(=O)CCS(C)(=O)=O)CC1. The van der Waals surface area contributed by atoms with E-state index in [0.29, 0.717) is 38.8 Å². The van der Waals surface area contributed by atoms with Gasteiger partial charge in [0.15, 0.2) is 0 Å². The maximum absolute atomic E-state index is 12.1. The summed E-state index contributed by atoms with van der Waals surface area (Å²) in [4.78, 5) is 2.27. The van der Waals surface area contributed by atoms with E-state index in [2.05, 4.69) is 11.8 Å². The summed E-state index contributed by atoms with van der Waals surface area (Å²) in [5, 5.41) is 0. The van der Waals surface area contributed by atoms with Crippen LogP contribution >= 0.6 is 0 Å². The number of nitrogens with two attached hydrogens (primary N) is 1. The van der Waals surface area contributed by atoms with Crippen LogP contribution in [0, 0.1) is 0 Å². The Kier molecular flexibility index (Phi) is 7.05. The Bertz CT molecular complexity index is 511. The van der Waals surface area contributed by atoms with E-state index in [1.54, 1.807) is 0 Å². The third kappa shape index (κ3) is 6.19. The second kappa shape index (κ2) is 7.87. The molecule has 21 heavy (non-hydrogen) atoms. The Morgan fingerprint density at radius 3 is 2.05 bits per heavy atom. The van der Waals surface area contributed by atoms with Crippen LogP contribution in [-0.2, 0) is 19.9 Å². The van der Waals surface area contributed by atoms with Crippen LogP contribution in [0.4, 0.5) is 0 Å². The van der Waals surface area contributed by atoms with Crippen molar-refractivity contribution in [1.82, 2.24) is 9.21 Å². The summed E-state index contributed by atoms with van der Waals surface area (Å²) in [5.74, 6) is -0.647. The molecular formula is C12H27N3O4S2. The monoisotopic (exact) mass is 341 g/mol. The van der Waals surface area contributed by atoms with Crippen LogP contribution < -0.4 is 5.73 Å². The molecule has 0 radical (unpaired) electrons. The summed E-state index contributed by atoms with van der Waals surface area (Å²) >= 11 is 0. The normalized spacial score (nSPS) is 20.5. The van der Waals surface area contributed by atoms with Gasteiger partial charge in [-0.15, -0.1) is 0 Å². The Morgan fingerprint density at radius 1 is 1.05 bits per heavy atom. The summed E-state index contributed by atoms with van der Waals surface area (Å²) < 4.78 is 47.9. The topological polar surface area (TPSA) is 101 Å². The van der Waals surface area contributed by atoms with Gasteiger partial charge in [-0.05, 0) is 19.4 Å². The van der Waals surface area contributed by atoms with Crippen LogP contribution in [0.5, 0.6) is 0 Å². The lowest BCUT2D eigenvalue weighted by molar-refractivity contribution is 0.129. The molecule has 0 aromatic rings. The fraction of sp³-hybridized carbons (Fsp3) is 1.00. The van der Waals surface area contributed by atoms with Gasteiger partial charge in [0.05, 0.1) is 11.5 Å². The number of piperazine rings is 1. The average Bonchev–Trinajstić information content (AvgIpc) is 2.42. The van der Waals surface area contributed by atoms with E-state index >= 15 is 0 Å². The highest BCUT2D eigenvalue weighted by molar-refractivity contribution is 7.93. The molecule has 1 rings (SSSR count). The highest BCUT2D eigenvalue weighted by atomic mass is 32.2. The van der Waals surface area contributed by atoms with Gasteiger partial charge in [-0.25, -0.2) is 16.8 Å². The van der Waals surface area contributed by atoms with Crippen LogP contribution in [0.15, 0.2) is 0 Å². The molecule has 0 aliphatic carbocycles. The van der Waals surface area contributed by atoms with Crippen molar-refractivity contribution in [3.05, 3.63) is 0 Å². The second-order valence-corrected chi connectivity index (χ2v) is 9.87. The highest BCUT2D eigenvalue weighted by Gasteiger charge is 2.29. The number of hydrogen-bond donors (Lipinski definition) is 1. The van der Waals surface area contributed by atoms with Gasteiger partial charge in [-0.3, -0.25) is 4.90 Å². The molecule has 0 bridgehead atoms. The van der Waals surface area contributed by atoms with Crippen molar-refractivity contribution in [2.45, 2.75) is 25.8 Å². The minimum Gasteiger partial charge on any atom is -0.330 e. The molecule has 0 aromatic heterocycles. The summed E-state index contributed by atoms with van der Waals surface area (Å²) in [6.07, 6.45) is 2.97. The van der Waals surface area contributed by atoms with Crippen molar-refractivity contribution >= 4 is 19.9 Å². The molecule has 2 N–H and O–H groups in total. The molecule has 1 aliphatic heterocycles. The molecule has 7 nitrogen and oxygen atoms in total. The summed E-state index contributed by atoms with van der Waals surface area (Å²) in [7, 11) is -6.74. The van der Waals surface area contributed by atoms with E-state index in [9.17, 15) is 16.8 Å². The van der Waals surface area contributed by atoms with E-state index in [4.69, 9.17) is 5.73 Å². The lowest BCUT2D eigenvalue weighted by Crippen LogP contribution is -2.52. The zero-order chi connectivity index (χ0) is 16.1. The first-order valence-electron chi connectivity index (χ1n) is 7.29. The van der Waals surface area contributed by atoms with Crippen LogP contribution in [0.2, 0.25) is 0 Å². The minimum atomic E-state index is -3.48. The Morgan fingerprint density at radius 2 is 1.62 bits per heavy atom. The van der Waals surface area contributed by atoms with Gasteiger partial charge in [0.25, 0.3) is 0 Å². The lowest BCUT2D eigenvalue weighted by Gasteiger charge is -2.38. The molecule has 0 saturated carbocycles. The van der Waals surface area contributed by atoms with E-state index in [1.807, 2.05) is 0 Å². The van der Waals surface area contributed by atoms with Gasteiger partial charge in [0, 0.05) is 38.5 Å². The molecule has 126 valence electrons. The fourth-order valence-corrected chi connectivity index (χ4v) is 5.60. The predicted octanol–water partition coefficient (Wildman–Crippen LogP) is -0.894. The third-order valence-corrected chi connectivity index (χ3v) is 6.94. The van der Waals surface area contributed by atoms with Crippen LogP contribution in [-0.4, -0.2) is 82.6 Å². The third-order valence-electron chi connectivity index (χ3n) is 3.87. The molecule has 1 atom stereocenters. The first-order chi connectivity index (χ1) is 9.69. The predicted molar refractivity (Wildman–Crippen MR) is 84.4 cm³/mol. The van der Waals surface area contributed by atoms with Crippen LogP contribution in [0.1, 0.15) is 19.8 Å².